The third-order valence-corrected chi connectivity index (χ3v) is 21.2. The maximum absolute atomic E-state index is 12.4. The Labute approximate surface area is 433 Å². The zero-order chi connectivity index (χ0) is 54.0. The molecule has 8 fully saturated rings. The topological polar surface area (TPSA) is 337 Å². The van der Waals surface area contributed by atoms with Crippen LogP contribution in [0.25, 0.3) is 0 Å². The number of allylic oxidation sites excluding steroid dienone is 2. The Morgan fingerprint density at radius 3 is 1.80 bits per heavy atom. The van der Waals surface area contributed by atoms with E-state index in [9.17, 15) is 66.4 Å². The van der Waals surface area contributed by atoms with E-state index in [4.69, 9.17) is 37.9 Å². The van der Waals surface area contributed by atoms with Crippen molar-refractivity contribution < 1.29 is 104 Å². The van der Waals surface area contributed by atoms with Crippen LogP contribution in [-0.2, 0) is 37.9 Å². The molecule has 9 rings (SSSR count). The van der Waals surface area contributed by atoms with Gasteiger partial charge in [0.05, 0.1) is 44.7 Å². The van der Waals surface area contributed by atoms with Crippen LogP contribution < -0.4 is 0 Å². The van der Waals surface area contributed by atoms with Crippen LogP contribution in [0.1, 0.15) is 113 Å². The summed E-state index contributed by atoms with van der Waals surface area (Å²) in [7, 11) is 0. The fourth-order valence-electron chi connectivity index (χ4n) is 16.3. The third-order valence-electron chi connectivity index (χ3n) is 21.2. The zero-order valence-corrected chi connectivity index (χ0v) is 44.2. The summed E-state index contributed by atoms with van der Waals surface area (Å²) in [6, 6.07) is 0. The van der Waals surface area contributed by atoms with Crippen molar-refractivity contribution in [3.05, 3.63) is 11.6 Å². The summed E-state index contributed by atoms with van der Waals surface area (Å²) in [5.41, 5.74) is -0.177. The van der Waals surface area contributed by atoms with Gasteiger partial charge in [0.25, 0.3) is 0 Å². The van der Waals surface area contributed by atoms with Crippen LogP contribution >= 0.6 is 0 Å². The molecule has 0 aromatic heterocycles. The van der Waals surface area contributed by atoms with Gasteiger partial charge in [-0.2, -0.15) is 0 Å². The van der Waals surface area contributed by atoms with Gasteiger partial charge < -0.3 is 104 Å². The van der Waals surface area contributed by atoms with Crippen molar-refractivity contribution in [2.75, 3.05) is 26.4 Å². The maximum atomic E-state index is 12.4. The number of hydrogen-bond acceptors (Lipinski definition) is 21. The Morgan fingerprint density at radius 1 is 0.568 bits per heavy atom. The van der Waals surface area contributed by atoms with Crippen molar-refractivity contribution in [3.8, 4) is 0 Å². The molecule has 28 atom stereocenters. The first-order chi connectivity index (χ1) is 34.6. The second-order valence-electron chi connectivity index (χ2n) is 26.0. The Balaban J connectivity index is 0.973. The van der Waals surface area contributed by atoms with E-state index < -0.39 is 160 Å². The number of fused-ring (bicyclic) bond motifs is 7. The normalized spacial score (nSPS) is 55.2. The summed E-state index contributed by atoms with van der Waals surface area (Å²) < 4.78 is 49.0. The number of rotatable bonds is 11. The minimum atomic E-state index is -1.88. The van der Waals surface area contributed by atoms with Crippen molar-refractivity contribution in [1.82, 2.24) is 0 Å². The average molecular weight is 1060 g/mol. The number of ether oxygens (including phenoxy) is 8. The van der Waals surface area contributed by atoms with Gasteiger partial charge in [-0.1, -0.05) is 60.1 Å². The molecule has 74 heavy (non-hydrogen) atoms. The fraction of sp³-hybridized carbons (Fsp3) is 0.962. The molecule has 0 spiro atoms. The third kappa shape index (κ3) is 9.21. The van der Waals surface area contributed by atoms with Crippen molar-refractivity contribution in [1.29, 1.82) is 0 Å². The Kier molecular flexibility index (Phi) is 16.2. The second-order valence-corrected chi connectivity index (χ2v) is 26.0. The second kappa shape index (κ2) is 20.8. The molecule has 0 aromatic carbocycles. The Bertz CT molecular complexity index is 1990. The SMILES string of the molecule is C[C@@H]1O[C@@H](O[C@H]2[C@H](O[C@H]3CO[C@@H](O[C@H]4CC[C@]5(C)[C@H]6CC=C7[C@@H]8CC(C)(C)CC[C@]8(CO)[C@H](O)C[C@@]7(C)[C@]6(C)CC[C@H]5C4(C)C)[C@H](O[C@@H]4O[C@H](CO)[C@@H](O)[C@H](O)[C@H]4O)[C@H]3O)O[C@H](CO)[C@@H](O)[C@@H]2O)[C@H](O)[C@H](O)[C@H]1O. The molecule has 21 heteroatoms. The molecule has 4 saturated heterocycles. The molecule has 0 amide bonds. The molecule has 0 unspecified atom stereocenters. The zero-order valence-electron chi connectivity index (χ0n) is 44.2. The Morgan fingerprint density at radius 2 is 1.16 bits per heavy atom. The molecule has 13 N–H and O–H groups in total. The van der Waals surface area contributed by atoms with Crippen LogP contribution in [0.3, 0.4) is 0 Å². The highest BCUT2D eigenvalue weighted by Crippen LogP contribution is 2.76. The first-order valence-corrected chi connectivity index (χ1v) is 27.2. The van der Waals surface area contributed by atoms with Crippen LogP contribution in [0.5, 0.6) is 0 Å². The lowest BCUT2D eigenvalue weighted by Gasteiger charge is -2.72. The van der Waals surface area contributed by atoms with Gasteiger partial charge >= 0.3 is 0 Å². The number of aliphatic hydroxyl groups is 13. The largest absolute Gasteiger partial charge is 0.396 e. The number of aliphatic hydroxyl groups excluding tert-OH is 13. The summed E-state index contributed by atoms with van der Waals surface area (Å²) in [5, 5.41) is 142. The monoisotopic (exact) mass is 1060 g/mol. The first kappa shape index (κ1) is 57.6. The van der Waals surface area contributed by atoms with Gasteiger partial charge in [0, 0.05) is 5.41 Å². The molecule has 0 bridgehead atoms. The smallest absolute Gasteiger partial charge is 0.187 e. The summed E-state index contributed by atoms with van der Waals surface area (Å²) >= 11 is 0. The van der Waals surface area contributed by atoms with Gasteiger partial charge in [0.2, 0.25) is 0 Å². The van der Waals surface area contributed by atoms with Crippen molar-refractivity contribution in [2.45, 2.75) is 242 Å². The fourth-order valence-corrected chi connectivity index (χ4v) is 16.3. The minimum Gasteiger partial charge on any atom is -0.396 e. The van der Waals surface area contributed by atoms with Crippen LogP contribution in [0, 0.1) is 50.2 Å². The molecular formula is C53H88O21. The minimum absolute atomic E-state index is 0.0346. The van der Waals surface area contributed by atoms with E-state index in [0.29, 0.717) is 12.8 Å². The molecule has 0 radical (unpaired) electrons. The predicted molar refractivity (Wildman–Crippen MR) is 257 cm³/mol. The molecule has 426 valence electrons. The molecule has 0 aromatic rings. The highest BCUT2D eigenvalue weighted by Gasteiger charge is 2.70. The van der Waals surface area contributed by atoms with Gasteiger partial charge in [0.1, 0.15) is 85.5 Å². The molecule has 4 aliphatic heterocycles. The van der Waals surface area contributed by atoms with Gasteiger partial charge in [-0.3, -0.25) is 0 Å². The summed E-state index contributed by atoms with van der Waals surface area (Å²) in [6.45, 7) is 15.6. The highest BCUT2D eigenvalue weighted by molar-refractivity contribution is 5.35. The van der Waals surface area contributed by atoms with Crippen molar-refractivity contribution >= 4 is 0 Å². The van der Waals surface area contributed by atoms with Crippen molar-refractivity contribution in [3.63, 3.8) is 0 Å². The van der Waals surface area contributed by atoms with Crippen LogP contribution in [-0.4, -0.2) is 222 Å². The van der Waals surface area contributed by atoms with E-state index in [-0.39, 0.29) is 46.0 Å². The molecular weight excluding hydrogens is 973 g/mol. The van der Waals surface area contributed by atoms with Gasteiger partial charge in [-0.15, -0.1) is 0 Å². The van der Waals surface area contributed by atoms with E-state index in [0.717, 1.165) is 44.9 Å². The highest BCUT2D eigenvalue weighted by atomic mass is 16.8. The van der Waals surface area contributed by atoms with E-state index in [1.807, 2.05) is 0 Å². The van der Waals surface area contributed by atoms with E-state index in [1.54, 1.807) is 0 Å². The lowest BCUT2D eigenvalue weighted by molar-refractivity contribution is -0.394. The van der Waals surface area contributed by atoms with Gasteiger partial charge in [-0.05, 0) is 110 Å². The van der Waals surface area contributed by atoms with Crippen molar-refractivity contribution in [2.24, 2.45) is 50.2 Å². The molecule has 4 heterocycles. The molecule has 5 aliphatic carbocycles. The lowest BCUT2D eigenvalue weighted by Crippen LogP contribution is -2.68. The van der Waals surface area contributed by atoms with Crippen LogP contribution in [0.15, 0.2) is 11.6 Å². The Hall–Kier alpha value is -1.10. The van der Waals surface area contributed by atoms with Gasteiger partial charge in [0.15, 0.2) is 25.2 Å². The summed E-state index contributed by atoms with van der Waals surface area (Å²) in [5.74, 6) is 0.484. The van der Waals surface area contributed by atoms with E-state index in [1.165, 1.54) is 12.5 Å². The summed E-state index contributed by atoms with van der Waals surface area (Å²) in [6.07, 6.45) is -22.4. The number of hydrogen-bond donors (Lipinski definition) is 13. The average Bonchev–Trinajstić information content (AvgIpc) is 3.34. The van der Waals surface area contributed by atoms with E-state index in [2.05, 4.69) is 54.5 Å². The molecule has 21 nitrogen and oxygen atoms in total. The molecule has 9 aliphatic rings. The standard InChI is InChI=1S/C53H88O21/c1-23-33(58)37(62)40(65)44(68-23)74-43-39(64)35(60)27(20-55)70-47(43)71-28-21-67-46(42(36(28)61)73-45-41(66)38(63)34(59)26(19-54)69-45)72-32-12-13-50(6)29(49(32,4)5)11-14-51(7)30(50)10-9-24-25-17-48(2,3)15-16-53(25,22-56)31(57)18-52(24,51)8/h9,23,25-47,54-66H,10-22H2,1-8H3/t23-,25-,26+,27+,28-,29-,30+,31+,32-,33-,34+,35+,36-,37+,38-,39-,40+,41+,42+,43+,44-,45-,46-,47-,50-,51+,52+,53+/m0/s1. The maximum Gasteiger partial charge on any atom is 0.187 e. The quantitative estimate of drug-likeness (QED) is 0.0879. The predicted octanol–water partition coefficient (Wildman–Crippen LogP) is -0.924. The summed E-state index contributed by atoms with van der Waals surface area (Å²) in [4.78, 5) is 0. The lowest BCUT2D eigenvalue weighted by atomic mass is 9.33. The van der Waals surface area contributed by atoms with Crippen LogP contribution in [0.4, 0.5) is 0 Å². The first-order valence-electron chi connectivity index (χ1n) is 27.2. The van der Waals surface area contributed by atoms with Gasteiger partial charge in [-0.25, -0.2) is 0 Å². The van der Waals surface area contributed by atoms with Crippen LogP contribution in [0.2, 0.25) is 0 Å². The molecule has 4 saturated carbocycles. The van der Waals surface area contributed by atoms with E-state index >= 15 is 0 Å².